The van der Waals surface area contributed by atoms with Crippen molar-refractivity contribution in [2.75, 3.05) is 19.0 Å². The summed E-state index contributed by atoms with van der Waals surface area (Å²) in [5.74, 6) is -0.0926. The second-order valence-corrected chi connectivity index (χ2v) is 6.26. The second-order valence-electron chi connectivity index (χ2n) is 5.82. The summed E-state index contributed by atoms with van der Waals surface area (Å²) in [4.78, 5) is 24.2. The number of methoxy groups -OCH3 is 1. The quantitative estimate of drug-likeness (QED) is 0.693. The van der Waals surface area contributed by atoms with Crippen LogP contribution in [0.2, 0.25) is 5.02 Å². The molecule has 2 amide bonds. The summed E-state index contributed by atoms with van der Waals surface area (Å²) in [6.07, 6.45) is 0.0992. The molecule has 4 N–H and O–H groups in total. The topological polar surface area (TPSA) is 93.5 Å². The number of hydrogen-bond donors (Lipinski definition) is 3. The summed E-state index contributed by atoms with van der Waals surface area (Å²) in [5, 5.41) is 5.87. The van der Waals surface area contributed by atoms with Crippen LogP contribution in [0.25, 0.3) is 0 Å². The highest BCUT2D eigenvalue weighted by Gasteiger charge is 2.16. The van der Waals surface area contributed by atoms with Crippen LogP contribution < -0.4 is 21.1 Å². The lowest BCUT2D eigenvalue weighted by Crippen LogP contribution is -2.35. The molecule has 26 heavy (non-hydrogen) atoms. The van der Waals surface area contributed by atoms with Gasteiger partial charge < -0.3 is 21.1 Å². The Bertz CT molecular complexity index is 778. The minimum absolute atomic E-state index is 0.0992. The summed E-state index contributed by atoms with van der Waals surface area (Å²) in [7, 11) is 1.51. The van der Waals surface area contributed by atoms with Gasteiger partial charge in [-0.3, -0.25) is 9.59 Å². The lowest BCUT2D eigenvalue weighted by molar-refractivity contribution is -0.122. The monoisotopic (exact) mass is 375 g/mol. The number of halogens is 1. The molecule has 0 spiro atoms. The van der Waals surface area contributed by atoms with Gasteiger partial charge in [0.2, 0.25) is 11.8 Å². The molecule has 0 aliphatic rings. The molecule has 0 bridgehead atoms. The zero-order valence-corrected chi connectivity index (χ0v) is 15.5. The Morgan fingerprint density at radius 1 is 1.19 bits per heavy atom. The number of benzene rings is 2. The van der Waals surface area contributed by atoms with Crippen LogP contribution >= 0.6 is 11.6 Å². The van der Waals surface area contributed by atoms with Crippen molar-refractivity contribution in [3.63, 3.8) is 0 Å². The van der Waals surface area contributed by atoms with Gasteiger partial charge >= 0.3 is 0 Å². The first-order chi connectivity index (χ1) is 12.4. The molecule has 2 aromatic carbocycles. The van der Waals surface area contributed by atoms with Gasteiger partial charge in [0.25, 0.3) is 0 Å². The first kappa shape index (κ1) is 19.8. The third kappa shape index (κ3) is 5.47. The van der Waals surface area contributed by atoms with Crippen molar-refractivity contribution in [1.82, 2.24) is 5.32 Å². The van der Waals surface area contributed by atoms with Gasteiger partial charge in [0.05, 0.1) is 12.8 Å². The van der Waals surface area contributed by atoms with Crippen LogP contribution in [-0.2, 0) is 9.59 Å². The Morgan fingerprint density at radius 2 is 1.88 bits per heavy atom. The zero-order valence-electron chi connectivity index (χ0n) is 14.7. The fraction of sp³-hybridized carbons (Fsp3) is 0.263. The number of ether oxygens (including phenoxy) is 1. The van der Waals surface area contributed by atoms with Crippen molar-refractivity contribution in [1.29, 1.82) is 0 Å². The van der Waals surface area contributed by atoms with Crippen LogP contribution in [0.3, 0.4) is 0 Å². The number of amides is 2. The predicted molar refractivity (Wildman–Crippen MR) is 102 cm³/mol. The first-order valence-corrected chi connectivity index (χ1v) is 8.51. The fourth-order valence-electron chi connectivity index (χ4n) is 2.32. The van der Waals surface area contributed by atoms with Crippen LogP contribution in [0.5, 0.6) is 5.75 Å². The third-order valence-electron chi connectivity index (χ3n) is 3.81. The smallest absolute Gasteiger partial charge is 0.241 e. The van der Waals surface area contributed by atoms with Crippen LogP contribution in [0.1, 0.15) is 23.6 Å². The zero-order chi connectivity index (χ0) is 19.1. The van der Waals surface area contributed by atoms with Crippen LogP contribution in [0.4, 0.5) is 5.69 Å². The number of anilines is 1. The summed E-state index contributed by atoms with van der Waals surface area (Å²) < 4.78 is 5.17. The van der Waals surface area contributed by atoms with Crippen LogP contribution in [-0.4, -0.2) is 25.5 Å². The third-order valence-corrected chi connectivity index (χ3v) is 4.04. The number of nitrogens with one attached hydrogen (secondary N) is 2. The van der Waals surface area contributed by atoms with Gasteiger partial charge in [-0.2, -0.15) is 0 Å². The van der Waals surface area contributed by atoms with E-state index in [1.165, 1.54) is 7.11 Å². The van der Waals surface area contributed by atoms with Gasteiger partial charge in [0.15, 0.2) is 0 Å². The summed E-state index contributed by atoms with van der Waals surface area (Å²) in [5.41, 5.74) is 8.23. The lowest BCUT2D eigenvalue weighted by atomic mass is 10.1. The number of nitrogens with two attached hydrogens (primary N) is 1. The molecule has 0 saturated carbocycles. The van der Waals surface area contributed by atoms with E-state index < -0.39 is 6.04 Å². The second kappa shape index (κ2) is 9.22. The maximum Gasteiger partial charge on any atom is 0.241 e. The van der Waals surface area contributed by atoms with E-state index in [1.54, 1.807) is 18.2 Å². The van der Waals surface area contributed by atoms with Crippen molar-refractivity contribution in [3.8, 4) is 5.75 Å². The van der Waals surface area contributed by atoms with E-state index in [0.717, 1.165) is 11.1 Å². The maximum atomic E-state index is 12.1. The van der Waals surface area contributed by atoms with E-state index >= 15 is 0 Å². The molecular formula is C19H22ClN3O3. The number of carbonyl (C=O) groups is 2. The van der Waals surface area contributed by atoms with Gasteiger partial charge in [-0.25, -0.2) is 0 Å². The molecule has 0 aromatic heterocycles. The van der Waals surface area contributed by atoms with Crippen molar-refractivity contribution in [2.24, 2.45) is 5.73 Å². The number of rotatable bonds is 7. The van der Waals surface area contributed by atoms with E-state index in [2.05, 4.69) is 10.6 Å². The van der Waals surface area contributed by atoms with E-state index in [0.29, 0.717) is 16.5 Å². The Kier molecular flexibility index (Phi) is 7.00. The molecule has 0 fully saturated rings. The standard InChI is InChI=1S/C19H22ClN3O3/c1-12-3-5-13(6-4-12)18(21)19(25)22-10-9-17(24)23-15-11-14(20)7-8-16(15)26-2/h3-8,11,18H,9-10,21H2,1-2H3,(H,22,25)(H,23,24). The maximum absolute atomic E-state index is 12.1. The van der Waals surface area contributed by atoms with Crippen molar-refractivity contribution in [2.45, 2.75) is 19.4 Å². The molecular weight excluding hydrogens is 354 g/mol. The largest absolute Gasteiger partial charge is 0.495 e. The highest BCUT2D eigenvalue weighted by atomic mass is 35.5. The molecule has 1 atom stereocenters. The minimum atomic E-state index is -0.772. The van der Waals surface area contributed by atoms with Gasteiger partial charge in [0, 0.05) is 18.0 Å². The molecule has 2 rings (SSSR count). The Hall–Kier alpha value is -2.57. The summed E-state index contributed by atoms with van der Waals surface area (Å²) >= 11 is 5.93. The molecule has 2 aromatic rings. The molecule has 0 saturated heterocycles. The average Bonchev–Trinajstić information content (AvgIpc) is 2.62. The number of carbonyl (C=O) groups excluding carboxylic acids is 2. The average molecular weight is 376 g/mol. The van der Waals surface area contributed by atoms with Crippen molar-refractivity contribution < 1.29 is 14.3 Å². The van der Waals surface area contributed by atoms with Crippen LogP contribution in [0, 0.1) is 6.92 Å². The molecule has 7 heteroatoms. The minimum Gasteiger partial charge on any atom is -0.495 e. The Morgan fingerprint density at radius 3 is 2.54 bits per heavy atom. The molecule has 0 aliphatic heterocycles. The summed E-state index contributed by atoms with van der Waals surface area (Å²) in [6, 6.07) is 11.6. The molecule has 0 aliphatic carbocycles. The van der Waals surface area contributed by atoms with Crippen molar-refractivity contribution >= 4 is 29.1 Å². The van der Waals surface area contributed by atoms with E-state index in [1.807, 2.05) is 31.2 Å². The predicted octanol–water partition coefficient (Wildman–Crippen LogP) is 2.80. The van der Waals surface area contributed by atoms with E-state index in [4.69, 9.17) is 22.1 Å². The highest BCUT2D eigenvalue weighted by molar-refractivity contribution is 6.31. The van der Waals surface area contributed by atoms with Gasteiger partial charge in [-0.05, 0) is 30.7 Å². The first-order valence-electron chi connectivity index (χ1n) is 8.14. The summed E-state index contributed by atoms with van der Waals surface area (Å²) in [6.45, 7) is 2.13. The SMILES string of the molecule is COc1ccc(Cl)cc1NC(=O)CCNC(=O)C(N)c1ccc(C)cc1. The lowest BCUT2D eigenvalue weighted by Gasteiger charge is -2.13. The highest BCUT2D eigenvalue weighted by Crippen LogP contribution is 2.27. The van der Waals surface area contributed by atoms with Gasteiger partial charge in [0.1, 0.15) is 11.8 Å². The van der Waals surface area contributed by atoms with E-state index in [9.17, 15) is 9.59 Å². The Balaban J connectivity index is 1.83. The molecule has 1 unspecified atom stereocenters. The van der Waals surface area contributed by atoms with Gasteiger partial charge in [-0.15, -0.1) is 0 Å². The molecule has 0 radical (unpaired) electrons. The van der Waals surface area contributed by atoms with Crippen LogP contribution in [0.15, 0.2) is 42.5 Å². The fourth-order valence-corrected chi connectivity index (χ4v) is 2.50. The van der Waals surface area contributed by atoms with Gasteiger partial charge in [-0.1, -0.05) is 41.4 Å². The Labute approximate surface area is 157 Å². The van der Waals surface area contributed by atoms with E-state index in [-0.39, 0.29) is 24.8 Å². The molecule has 138 valence electrons. The normalized spacial score (nSPS) is 11.5. The number of aryl methyl sites for hydroxylation is 1. The molecule has 6 nitrogen and oxygen atoms in total. The molecule has 0 heterocycles. The number of hydrogen-bond acceptors (Lipinski definition) is 4. The van der Waals surface area contributed by atoms with Crippen molar-refractivity contribution in [3.05, 3.63) is 58.6 Å².